The molecule has 0 aliphatic heterocycles. The van der Waals surface area contributed by atoms with Crippen molar-refractivity contribution in [2.24, 2.45) is 0 Å². The van der Waals surface area contributed by atoms with Crippen LogP contribution in [0.25, 0.3) is 11.3 Å². The van der Waals surface area contributed by atoms with Crippen molar-refractivity contribution in [3.8, 4) is 17.0 Å². The van der Waals surface area contributed by atoms with Gasteiger partial charge < -0.3 is 15.4 Å². The summed E-state index contributed by atoms with van der Waals surface area (Å²) in [5.74, 6) is 1.01. The van der Waals surface area contributed by atoms with Gasteiger partial charge in [0.25, 0.3) is 0 Å². The lowest BCUT2D eigenvalue weighted by Gasteiger charge is -2.13. The number of hydrogen-bond donors (Lipinski definition) is 1. The van der Waals surface area contributed by atoms with E-state index >= 15 is 0 Å². The van der Waals surface area contributed by atoms with E-state index < -0.39 is 0 Å². The van der Waals surface area contributed by atoms with Crippen LogP contribution in [-0.2, 0) is 0 Å². The molecule has 0 spiro atoms. The molecule has 1 aromatic carbocycles. The normalized spacial score (nSPS) is 10.2. The highest BCUT2D eigenvalue weighted by atomic mass is 16.5. The number of nitrogens with zero attached hydrogens (tertiary/aromatic N) is 2. The first-order valence-corrected chi connectivity index (χ1v) is 5.70. The summed E-state index contributed by atoms with van der Waals surface area (Å²) in [6.07, 6.45) is 0. The third kappa shape index (κ3) is 2.37. The number of aromatic nitrogens is 1. The van der Waals surface area contributed by atoms with Crippen LogP contribution < -0.4 is 15.4 Å². The van der Waals surface area contributed by atoms with E-state index in [4.69, 9.17) is 10.5 Å². The molecule has 4 nitrogen and oxygen atoms in total. The van der Waals surface area contributed by atoms with E-state index in [0.717, 1.165) is 16.9 Å². The molecule has 0 unspecified atom stereocenters. The first-order valence-electron chi connectivity index (χ1n) is 5.70. The predicted molar refractivity (Wildman–Crippen MR) is 75.0 cm³/mol. The number of rotatable bonds is 3. The van der Waals surface area contributed by atoms with Gasteiger partial charge in [-0.1, -0.05) is 12.1 Å². The molecule has 0 aliphatic rings. The molecule has 0 aliphatic carbocycles. The second-order valence-corrected chi connectivity index (χ2v) is 4.23. The molecule has 0 amide bonds. The summed E-state index contributed by atoms with van der Waals surface area (Å²) < 4.78 is 5.10. The number of nitrogens with two attached hydrogens (primary N) is 1. The third-order valence-corrected chi connectivity index (χ3v) is 2.76. The molecule has 0 atom stereocenters. The fourth-order valence-electron chi connectivity index (χ4n) is 1.74. The van der Waals surface area contributed by atoms with Crippen molar-refractivity contribution >= 4 is 11.5 Å². The monoisotopic (exact) mass is 243 g/mol. The molecule has 1 heterocycles. The number of benzene rings is 1. The minimum Gasteiger partial charge on any atom is -0.493 e. The highest BCUT2D eigenvalue weighted by molar-refractivity contribution is 5.67. The van der Waals surface area contributed by atoms with Crippen LogP contribution in [0.4, 0.5) is 11.5 Å². The summed E-state index contributed by atoms with van der Waals surface area (Å²) in [4.78, 5) is 6.40. The van der Waals surface area contributed by atoms with E-state index in [1.807, 2.05) is 38.4 Å². The van der Waals surface area contributed by atoms with E-state index in [2.05, 4.69) is 22.0 Å². The van der Waals surface area contributed by atoms with Gasteiger partial charge in [0.15, 0.2) is 11.6 Å². The van der Waals surface area contributed by atoms with Crippen molar-refractivity contribution < 1.29 is 4.74 Å². The van der Waals surface area contributed by atoms with Crippen LogP contribution in [0, 0.1) is 0 Å². The van der Waals surface area contributed by atoms with Crippen LogP contribution >= 0.6 is 0 Å². The first-order chi connectivity index (χ1) is 8.61. The highest BCUT2D eigenvalue weighted by Gasteiger charge is 2.05. The molecule has 94 valence electrons. The molecule has 4 heteroatoms. The Morgan fingerprint density at radius 3 is 2.56 bits per heavy atom. The van der Waals surface area contributed by atoms with E-state index in [-0.39, 0.29) is 0 Å². The molecule has 1 aromatic heterocycles. The zero-order chi connectivity index (χ0) is 13.1. The van der Waals surface area contributed by atoms with Crippen LogP contribution in [0.5, 0.6) is 5.75 Å². The highest BCUT2D eigenvalue weighted by Crippen LogP contribution is 2.26. The Bertz CT molecular complexity index is 552. The van der Waals surface area contributed by atoms with Crippen molar-refractivity contribution in [1.82, 2.24) is 4.98 Å². The fraction of sp³-hybridized carbons (Fsp3) is 0.214. The maximum atomic E-state index is 5.82. The minimum absolute atomic E-state index is 0.408. The zero-order valence-corrected chi connectivity index (χ0v) is 10.8. The maximum Gasteiger partial charge on any atom is 0.166 e. The zero-order valence-electron chi connectivity index (χ0n) is 10.8. The Kier molecular flexibility index (Phi) is 3.37. The Hall–Kier alpha value is -2.23. The van der Waals surface area contributed by atoms with Gasteiger partial charge in [-0.05, 0) is 24.3 Å². The van der Waals surface area contributed by atoms with Crippen molar-refractivity contribution in [3.05, 3.63) is 36.4 Å². The Balaban J connectivity index is 2.42. The van der Waals surface area contributed by atoms with Gasteiger partial charge in [-0.25, -0.2) is 4.98 Å². The van der Waals surface area contributed by atoms with Crippen LogP contribution in [0.2, 0.25) is 0 Å². The molecule has 2 rings (SSSR count). The standard InChI is InChI=1S/C14H17N3O/c1-17(2)11-6-4-5-10(9-11)12-7-8-13(18-3)14(15)16-12/h4-9H,1-3H3,(H2,15,16). The number of hydrogen-bond acceptors (Lipinski definition) is 4. The second kappa shape index (κ2) is 4.96. The SMILES string of the molecule is COc1ccc(-c2cccc(N(C)C)c2)nc1N. The molecular weight excluding hydrogens is 226 g/mol. The summed E-state index contributed by atoms with van der Waals surface area (Å²) in [5, 5.41) is 0. The number of ether oxygens (including phenoxy) is 1. The predicted octanol–water partition coefficient (Wildman–Crippen LogP) is 2.41. The van der Waals surface area contributed by atoms with E-state index in [9.17, 15) is 0 Å². The summed E-state index contributed by atoms with van der Waals surface area (Å²) in [6, 6.07) is 11.9. The molecule has 0 saturated heterocycles. The minimum atomic E-state index is 0.408. The summed E-state index contributed by atoms with van der Waals surface area (Å²) in [5.41, 5.74) is 8.83. The second-order valence-electron chi connectivity index (χ2n) is 4.23. The van der Waals surface area contributed by atoms with E-state index in [1.54, 1.807) is 7.11 Å². The number of pyridine rings is 1. The third-order valence-electron chi connectivity index (χ3n) is 2.76. The molecular formula is C14H17N3O. The molecule has 0 radical (unpaired) electrons. The average molecular weight is 243 g/mol. The van der Waals surface area contributed by atoms with Gasteiger partial charge >= 0.3 is 0 Å². The Labute approximate surface area is 107 Å². The molecule has 0 bridgehead atoms. The average Bonchev–Trinajstić information content (AvgIpc) is 2.38. The Morgan fingerprint density at radius 1 is 1.17 bits per heavy atom. The fourth-order valence-corrected chi connectivity index (χ4v) is 1.74. The van der Waals surface area contributed by atoms with Gasteiger partial charge in [0.1, 0.15) is 0 Å². The lowest BCUT2D eigenvalue weighted by molar-refractivity contribution is 0.415. The first kappa shape index (κ1) is 12.2. The van der Waals surface area contributed by atoms with Gasteiger partial charge in [-0.15, -0.1) is 0 Å². The summed E-state index contributed by atoms with van der Waals surface area (Å²) in [7, 11) is 5.60. The maximum absolute atomic E-state index is 5.82. The molecule has 18 heavy (non-hydrogen) atoms. The van der Waals surface area contributed by atoms with Crippen LogP contribution in [0.15, 0.2) is 36.4 Å². The largest absolute Gasteiger partial charge is 0.493 e. The molecule has 0 fully saturated rings. The summed E-state index contributed by atoms with van der Waals surface area (Å²) in [6.45, 7) is 0. The number of nitrogen functional groups attached to an aromatic ring is 1. The topological polar surface area (TPSA) is 51.4 Å². The van der Waals surface area contributed by atoms with Gasteiger partial charge in [-0.2, -0.15) is 0 Å². The lowest BCUT2D eigenvalue weighted by Crippen LogP contribution is -2.08. The van der Waals surface area contributed by atoms with Gasteiger partial charge in [0.05, 0.1) is 12.8 Å². The Morgan fingerprint density at radius 2 is 1.94 bits per heavy atom. The summed E-state index contributed by atoms with van der Waals surface area (Å²) >= 11 is 0. The van der Waals surface area contributed by atoms with Crippen LogP contribution in [-0.4, -0.2) is 26.2 Å². The number of anilines is 2. The van der Waals surface area contributed by atoms with Crippen molar-refractivity contribution in [2.45, 2.75) is 0 Å². The quantitative estimate of drug-likeness (QED) is 0.899. The molecule has 2 aromatic rings. The molecule has 2 N–H and O–H groups in total. The van der Waals surface area contributed by atoms with Crippen LogP contribution in [0.1, 0.15) is 0 Å². The van der Waals surface area contributed by atoms with Gasteiger partial charge in [0.2, 0.25) is 0 Å². The van der Waals surface area contributed by atoms with Gasteiger partial charge in [-0.3, -0.25) is 0 Å². The lowest BCUT2D eigenvalue weighted by atomic mass is 10.1. The van der Waals surface area contributed by atoms with Gasteiger partial charge in [0, 0.05) is 25.3 Å². The smallest absolute Gasteiger partial charge is 0.166 e. The van der Waals surface area contributed by atoms with E-state index in [1.165, 1.54) is 0 Å². The van der Waals surface area contributed by atoms with Crippen molar-refractivity contribution in [2.75, 3.05) is 31.8 Å². The van der Waals surface area contributed by atoms with E-state index in [0.29, 0.717) is 11.6 Å². The molecule has 0 saturated carbocycles. The van der Waals surface area contributed by atoms with Crippen LogP contribution in [0.3, 0.4) is 0 Å². The van der Waals surface area contributed by atoms with Crippen molar-refractivity contribution in [1.29, 1.82) is 0 Å². The number of methoxy groups -OCH3 is 1. The van der Waals surface area contributed by atoms with Crippen molar-refractivity contribution in [3.63, 3.8) is 0 Å².